The smallest absolute Gasteiger partial charge is 0.399 e. The van der Waals surface area contributed by atoms with Crippen molar-refractivity contribution in [2.24, 2.45) is 0 Å². The Hall–Kier alpha value is -1.31. The molecule has 2 rings (SSSR count). The molecule has 1 heterocycles. The van der Waals surface area contributed by atoms with Crippen LogP contribution in [0.25, 0.3) is 0 Å². The molecule has 1 saturated heterocycles. The third kappa shape index (κ3) is 5.37. The Balaban J connectivity index is 1.94. The van der Waals surface area contributed by atoms with Crippen LogP contribution < -0.4 is 5.73 Å². The number of nitrogen functional groups attached to an aromatic ring is 1. The fraction of sp³-hybridized carbons (Fsp3) is 0.625. The molecule has 0 unspecified atom stereocenters. The van der Waals surface area contributed by atoms with Crippen molar-refractivity contribution < 1.29 is 13.2 Å². The van der Waals surface area contributed by atoms with Crippen LogP contribution in [0.15, 0.2) is 18.2 Å². The number of hydrogen-bond donors (Lipinski definition) is 1. The number of rotatable bonds is 5. The molecule has 0 amide bonds. The number of alkyl halides is 3. The number of nitrogens with two attached hydrogens (primary N) is 1. The number of piperazine rings is 1. The van der Waals surface area contributed by atoms with Gasteiger partial charge >= 0.3 is 6.18 Å². The van der Waals surface area contributed by atoms with E-state index in [1.807, 2.05) is 14.1 Å². The van der Waals surface area contributed by atoms with Gasteiger partial charge in [-0.2, -0.15) is 13.2 Å². The Morgan fingerprint density at radius 3 is 2.26 bits per heavy atom. The number of benzene rings is 1. The Labute approximate surface area is 135 Å². The number of likely N-dealkylation sites (N-methyl/N-ethyl adjacent to an activating group) is 1. The van der Waals surface area contributed by atoms with Crippen molar-refractivity contribution in [1.82, 2.24) is 14.7 Å². The predicted octanol–water partition coefficient (Wildman–Crippen LogP) is 1.97. The molecule has 0 spiro atoms. The fourth-order valence-electron chi connectivity index (χ4n) is 2.75. The molecule has 2 N–H and O–H groups in total. The van der Waals surface area contributed by atoms with E-state index in [9.17, 15) is 13.2 Å². The quantitative estimate of drug-likeness (QED) is 0.838. The van der Waals surface area contributed by atoms with Gasteiger partial charge in [0.2, 0.25) is 0 Å². The van der Waals surface area contributed by atoms with E-state index in [0.717, 1.165) is 45.3 Å². The van der Waals surface area contributed by atoms with E-state index in [1.165, 1.54) is 12.1 Å². The molecular formula is C16H25F3N4. The van der Waals surface area contributed by atoms with Crippen molar-refractivity contribution in [1.29, 1.82) is 0 Å². The fourth-order valence-corrected chi connectivity index (χ4v) is 2.75. The van der Waals surface area contributed by atoms with Gasteiger partial charge in [0.25, 0.3) is 0 Å². The van der Waals surface area contributed by atoms with Crippen LogP contribution in [0.2, 0.25) is 0 Å². The van der Waals surface area contributed by atoms with Crippen molar-refractivity contribution in [2.75, 3.05) is 59.1 Å². The maximum atomic E-state index is 13.1. The van der Waals surface area contributed by atoms with Gasteiger partial charge in [0, 0.05) is 51.5 Å². The summed E-state index contributed by atoms with van der Waals surface area (Å²) in [5, 5.41) is 0. The highest BCUT2D eigenvalue weighted by molar-refractivity contribution is 5.46. The molecule has 1 fully saturated rings. The molecule has 23 heavy (non-hydrogen) atoms. The van der Waals surface area contributed by atoms with Crippen molar-refractivity contribution in [3.8, 4) is 0 Å². The number of nitrogens with zero attached hydrogens (tertiary/aromatic N) is 3. The Kier molecular flexibility index (Phi) is 5.89. The highest BCUT2D eigenvalue weighted by atomic mass is 19.4. The van der Waals surface area contributed by atoms with Gasteiger partial charge in [0.15, 0.2) is 0 Å². The van der Waals surface area contributed by atoms with E-state index in [1.54, 1.807) is 0 Å². The standard InChI is InChI=1S/C16H25F3N4/c1-21(2)5-6-22-7-9-23(10-8-22)12-13-3-4-14(20)11-15(13)16(17,18)19/h3-4,11H,5-10,12,20H2,1-2H3. The second-order valence-electron chi connectivity index (χ2n) is 6.34. The summed E-state index contributed by atoms with van der Waals surface area (Å²) in [6, 6.07) is 4.07. The lowest BCUT2D eigenvalue weighted by Crippen LogP contribution is -2.47. The van der Waals surface area contributed by atoms with E-state index >= 15 is 0 Å². The predicted molar refractivity (Wildman–Crippen MR) is 86.1 cm³/mol. The van der Waals surface area contributed by atoms with Gasteiger partial charge in [0.05, 0.1) is 5.56 Å². The first kappa shape index (κ1) is 18.0. The van der Waals surface area contributed by atoms with E-state index in [2.05, 4.69) is 14.7 Å². The molecule has 0 bridgehead atoms. The summed E-state index contributed by atoms with van der Waals surface area (Å²) in [5.74, 6) is 0. The number of hydrogen-bond acceptors (Lipinski definition) is 4. The molecule has 130 valence electrons. The molecule has 1 aliphatic rings. The van der Waals surface area contributed by atoms with Gasteiger partial charge < -0.3 is 10.6 Å². The number of anilines is 1. The first-order chi connectivity index (χ1) is 10.8. The average Bonchev–Trinajstić information content (AvgIpc) is 2.47. The van der Waals surface area contributed by atoms with Crippen LogP contribution in [0.1, 0.15) is 11.1 Å². The molecular weight excluding hydrogens is 305 g/mol. The molecule has 1 aliphatic heterocycles. The largest absolute Gasteiger partial charge is 0.416 e. The second kappa shape index (κ2) is 7.51. The van der Waals surface area contributed by atoms with Gasteiger partial charge in [-0.15, -0.1) is 0 Å². The average molecular weight is 330 g/mol. The lowest BCUT2D eigenvalue weighted by atomic mass is 10.1. The summed E-state index contributed by atoms with van der Waals surface area (Å²) in [5.41, 5.74) is 5.34. The Bertz CT molecular complexity index is 509. The van der Waals surface area contributed by atoms with Gasteiger partial charge in [-0.1, -0.05) is 6.07 Å². The van der Waals surface area contributed by atoms with Crippen LogP contribution >= 0.6 is 0 Å². The van der Waals surface area contributed by atoms with E-state index in [4.69, 9.17) is 5.73 Å². The minimum Gasteiger partial charge on any atom is -0.399 e. The number of halogens is 3. The Morgan fingerprint density at radius 2 is 1.70 bits per heavy atom. The van der Waals surface area contributed by atoms with Crippen molar-refractivity contribution in [3.63, 3.8) is 0 Å². The highest BCUT2D eigenvalue weighted by Crippen LogP contribution is 2.34. The van der Waals surface area contributed by atoms with Crippen LogP contribution in [0.3, 0.4) is 0 Å². The topological polar surface area (TPSA) is 35.7 Å². The first-order valence-electron chi connectivity index (χ1n) is 7.81. The molecule has 0 aliphatic carbocycles. The van der Waals surface area contributed by atoms with E-state index < -0.39 is 11.7 Å². The zero-order valence-electron chi connectivity index (χ0n) is 13.7. The lowest BCUT2D eigenvalue weighted by Gasteiger charge is -2.35. The molecule has 0 saturated carbocycles. The lowest BCUT2D eigenvalue weighted by molar-refractivity contribution is -0.138. The van der Waals surface area contributed by atoms with E-state index in [-0.39, 0.29) is 5.69 Å². The summed E-state index contributed by atoms with van der Waals surface area (Å²) in [4.78, 5) is 6.56. The van der Waals surface area contributed by atoms with Gasteiger partial charge in [-0.25, -0.2) is 0 Å². The zero-order valence-corrected chi connectivity index (χ0v) is 13.7. The summed E-state index contributed by atoms with van der Waals surface area (Å²) >= 11 is 0. The maximum absolute atomic E-state index is 13.1. The molecule has 1 aromatic carbocycles. The van der Waals surface area contributed by atoms with E-state index in [0.29, 0.717) is 12.1 Å². The van der Waals surface area contributed by atoms with Gasteiger partial charge in [-0.05, 0) is 31.8 Å². The highest BCUT2D eigenvalue weighted by Gasteiger charge is 2.34. The van der Waals surface area contributed by atoms with Gasteiger partial charge in [-0.3, -0.25) is 9.80 Å². The van der Waals surface area contributed by atoms with Crippen LogP contribution in [-0.2, 0) is 12.7 Å². The molecule has 1 aromatic rings. The van der Waals surface area contributed by atoms with Crippen LogP contribution in [0, 0.1) is 0 Å². The third-order valence-corrected chi connectivity index (χ3v) is 4.16. The first-order valence-corrected chi connectivity index (χ1v) is 7.81. The summed E-state index contributed by atoms with van der Waals surface area (Å²) < 4.78 is 39.4. The van der Waals surface area contributed by atoms with Crippen molar-refractivity contribution >= 4 is 5.69 Å². The minimum atomic E-state index is -4.36. The summed E-state index contributed by atoms with van der Waals surface area (Å²) in [7, 11) is 4.08. The van der Waals surface area contributed by atoms with Crippen molar-refractivity contribution in [2.45, 2.75) is 12.7 Å². The second-order valence-corrected chi connectivity index (χ2v) is 6.34. The summed E-state index contributed by atoms with van der Waals surface area (Å²) in [6.45, 7) is 5.67. The molecule has 0 aromatic heterocycles. The minimum absolute atomic E-state index is 0.148. The normalized spacial score (nSPS) is 17.8. The van der Waals surface area contributed by atoms with Crippen LogP contribution in [-0.4, -0.2) is 68.1 Å². The van der Waals surface area contributed by atoms with Crippen LogP contribution in [0.4, 0.5) is 18.9 Å². The Morgan fingerprint density at radius 1 is 1.09 bits per heavy atom. The summed E-state index contributed by atoms with van der Waals surface area (Å²) in [6.07, 6.45) is -4.36. The molecule has 4 nitrogen and oxygen atoms in total. The SMILES string of the molecule is CN(C)CCN1CCN(Cc2ccc(N)cc2C(F)(F)F)CC1. The maximum Gasteiger partial charge on any atom is 0.416 e. The monoisotopic (exact) mass is 330 g/mol. The molecule has 0 atom stereocenters. The van der Waals surface area contributed by atoms with Crippen molar-refractivity contribution in [3.05, 3.63) is 29.3 Å². The van der Waals surface area contributed by atoms with Gasteiger partial charge in [0.1, 0.15) is 0 Å². The third-order valence-electron chi connectivity index (χ3n) is 4.16. The molecule has 7 heteroatoms. The van der Waals surface area contributed by atoms with Crippen LogP contribution in [0.5, 0.6) is 0 Å². The zero-order chi connectivity index (χ0) is 17.0. The molecule has 0 radical (unpaired) electrons.